The quantitative estimate of drug-likeness (QED) is 0.508. The Bertz CT molecular complexity index is 985. The van der Waals surface area contributed by atoms with Crippen LogP contribution in [0.25, 0.3) is 10.2 Å². The standard InChI is InChI=1S/C21H22ClN3O2S2/c1-2-27-16-5-8-18-19(13-16)29-21(23-18)25-11-9-24(10-12-25)20(26)14-28-17-6-3-15(22)4-7-17/h3-8,13H,2,9-12,14H2,1H3. The number of rotatable bonds is 6. The third-order valence-corrected chi connectivity index (χ3v) is 7.07. The number of piperazine rings is 1. The summed E-state index contributed by atoms with van der Waals surface area (Å²) in [5.74, 6) is 1.50. The molecule has 4 rings (SSSR count). The fraction of sp³-hybridized carbons (Fsp3) is 0.333. The van der Waals surface area contributed by atoms with Gasteiger partial charge in [0.15, 0.2) is 5.13 Å². The first-order valence-corrected chi connectivity index (χ1v) is 11.7. The van der Waals surface area contributed by atoms with Crippen molar-refractivity contribution in [3.63, 3.8) is 0 Å². The smallest absolute Gasteiger partial charge is 0.233 e. The molecule has 0 atom stereocenters. The zero-order chi connectivity index (χ0) is 20.2. The molecule has 2 heterocycles. The molecule has 0 bridgehead atoms. The first-order chi connectivity index (χ1) is 14.1. The van der Waals surface area contributed by atoms with Gasteiger partial charge in [-0.15, -0.1) is 11.8 Å². The van der Waals surface area contributed by atoms with E-state index in [0.717, 1.165) is 52.2 Å². The van der Waals surface area contributed by atoms with Gasteiger partial charge in [0.1, 0.15) is 5.75 Å². The lowest BCUT2D eigenvalue weighted by atomic mass is 10.3. The molecular formula is C21H22ClN3O2S2. The topological polar surface area (TPSA) is 45.7 Å². The van der Waals surface area contributed by atoms with Gasteiger partial charge in [-0.05, 0) is 49.4 Å². The van der Waals surface area contributed by atoms with E-state index in [0.29, 0.717) is 17.4 Å². The van der Waals surface area contributed by atoms with Gasteiger partial charge in [-0.1, -0.05) is 22.9 Å². The summed E-state index contributed by atoms with van der Waals surface area (Å²) in [5, 5.41) is 1.72. The first kappa shape index (κ1) is 20.3. The molecule has 1 fully saturated rings. The average molecular weight is 448 g/mol. The molecule has 1 aliphatic heterocycles. The van der Waals surface area contributed by atoms with Crippen LogP contribution >= 0.6 is 34.7 Å². The SMILES string of the molecule is CCOc1ccc2nc(N3CCN(C(=O)CSc4ccc(Cl)cc4)CC3)sc2c1. The number of hydrogen-bond donors (Lipinski definition) is 0. The molecule has 5 nitrogen and oxygen atoms in total. The summed E-state index contributed by atoms with van der Waals surface area (Å²) in [4.78, 5) is 22.6. The summed E-state index contributed by atoms with van der Waals surface area (Å²) in [6.45, 7) is 5.69. The zero-order valence-corrected chi connectivity index (χ0v) is 18.5. The second kappa shape index (κ2) is 9.24. The highest BCUT2D eigenvalue weighted by Crippen LogP contribution is 2.32. The number of hydrogen-bond acceptors (Lipinski definition) is 6. The molecule has 0 spiro atoms. The van der Waals surface area contributed by atoms with Crippen molar-refractivity contribution in [3.05, 3.63) is 47.5 Å². The lowest BCUT2D eigenvalue weighted by molar-refractivity contribution is -0.128. The van der Waals surface area contributed by atoms with Crippen molar-refractivity contribution in [2.24, 2.45) is 0 Å². The molecule has 1 aliphatic rings. The van der Waals surface area contributed by atoms with E-state index in [-0.39, 0.29) is 5.91 Å². The number of fused-ring (bicyclic) bond motifs is 1. The summed E-state index contributed by atoms with van der Waals surface area (Å²) >= 11 is 9.14. The maximum atomic E-state index is 12.6. The van der Waals surface area contributed by atoms with Crippen LogP contribution in [0.5, 0.6) is 5.75 Å². The number of halogens is 1. The Morgan fingerprint density at radius 1 is 1.17 bits per heavy atom. The number of anilines is 1. The van der Waals surface area contributed by atoms with Crippen molar-refractivity contribution in [1.82, 2.24) is 9.88 Å². The molecule has 0 radical (unpaired) electrons. The van der Waals surface area contributed by atoms with Gasteiger partial charge in [0.2, 0.25) is 5.91 Å². The van der Waals surface area contributed by atoms with E-state index in [4.69, 9.17) is 21.3 Å². The van der Waals surface area contributed by atoms with E-state index in [1.807, 2.05) is 54.3 Å². The fourth-order valence-corrected chi connectivity index (χ4v) is 5.17. The van der Waals surface area contributed by atoms with Crippen molar-refractivity contribution in [1.29, 1.82) is 0 Å². The summed E-state index contributed by atoms with van der Waals surface area (Å²) < 4.78 is 6.71. The summed E-state index contributed by atoms with van der Waals surface area (Å²) in [7, 11) is 0. The molecule has 1 saturated heterocycles. The number of amides is 1. The Morgan fingerprint density at radius 2 is 1.93 bits per heavy atom. The minimum absolute atomic E-state index is 0.176. The second-order valence-corrected chi connectivity index (χ2v) is 9.16. The zero-order valence-electron chi connectivity index (χ0n) is 16.1. The van der Waals surface area contributed by atoms with Crippen LogP contribution in [-0.2, 0) is 4.79 Å². The minimum Gasteiger partial charge on any atom is -0.494 e. The largest absolute Gasteiger partial charge is 0.494 e. The number of carbonyl (C=O) groups excluding carboxylic acids is 1. The normalized spacial score (nSPS) is 14.4. The Labute approximate surface area is 183 Å². The monoisotopic (exact) mass is 447 g/mol. The number of aromatic nitrogens is 1. The molecule has 8 heteroatoms. The van der Waals surface area contributed by atoms with Gasteiger partial charge in [-0.3, -0.25) is 4.79 Å². The molecule has 3 aromatic rings. The van der Waals surface area contributed by atoms with Crippen LogP contribution in [0.15, 0.2) is 47.4 Å². The van der Waals surface area contributed by atoms with Crippen molar-refractivity contribution in [2.45, 2.75) is 11.8 Å². The van der Waals surface area contributed by atoms with E-state index in [1.165, 1.54) is 0 Å². The van der Waals surface area contributed by atoms with E-state index >= 15 is 0 Å². The Morgan fingerprint density at radius 3 is 2.66 bits per heavy atom. The van der Waals surface area contributed by atoms with Crippen LogP contribution < -0.4 is 9.64 Å². The molecule has 152 valence electrons. The van der Waals surface area contributed by atoms with Crippen molar-refractivity contribution < 1.29 is 9.53 Å². The molecule has 2 aromatic carbocycles. The number of ether oxygens (including phenoxy) is 1. The first-order valence-electron chi connectivity index (χ1n) is 9.57. The maximum absolute atomic E-state index is 12.6. The van der Waals surface area contributed by atoms with Crippen LogP contribution in [0, 0.1) is 0 Å². The van der Waals surface area contributed by atoms with Gasteiger partial charge in [0.05, 0.1) is 22.6 Å². The van der Waals surface area contributed by atoms with Gasteiger partial charge in [-0.2, -0.15) is 0 Å². The number of nitrogens with zero attached hydrogens (tertiary/aromatic N) is 3. The van der Waals surface area contributed by atoms with Gasteiger partial charge in [-0.25, -0.2) is 4.98 Å². The minimum atomic E-state index is 0.176. The van der Waals surface area contributed by atoms with Gasteiger partial charge in [0.25, 0.3) is 0 Å². The molecule has 0 saturated carbocycles. The van der Waals surface area contributed by atoms with E-state index < -0.39 is 0 Å². The predicted octanol–water partition coefficient (Wildman–Crippen LogP) is 4.79. The van der Waals surface area contributed by atoms with Crippen LogP contribution in [0.4, 0.5) is 5.13 Å². The molecule has 1 aromatic heterocycles. The molecule has 0 aliphatic carbocycles. The maximum Gasteiger partial charge on any atom is 0.233 e. The highest BCUT2D eigenvalue weighted by molar-refractivity contribution is 8.00. The van der Waals surface area contributed by atoms with Crippen molar-refractivity contribution in [3.8, 4) is 5.75 Å². The summed E-state index contributed by atoms with van der Waals surface area (Å²) in [6.07, 6.45) is 0. The molecular weight excluding hydrogens is 426 g/mol. The molecule has 0 N–H and O–H groups in total. The van der Waals surface area contributed by atoms with Gasteiger partial charge in [0, 0.05) is 36.1 Å². The van der Waals surface area contributed by atoms with Crippen LogP contribution in [0.3, 0.4) is 0 Å². The summed E-state index contributed by atoms with van der Waals surface area (Å²) in [6, 6.07) is 13.6. The highest BCUT2D eigenvalue weighted by atomic mass is 35.5. The van der Waals surface area contributed by atoms with Gasteiger partial charge >= 0.3 is 0 Å². The van der Waals surface area contributed by atoms with Crippen LogP contribution in [0.1, 0.15) is 6.92 Å². The van der Waals surface area contributed by atoms with E-state index in [9.17, 15) is 4.79 Å². The van der Waals surface area contributed by atoms with E-state index in [1.54, 1.807) is 23.1 Å². The molecule has 29 heavy (non-hydrogen) atoms. The average Bonchev–Trinajstić information content (AvgIpc) is 3.17. The van der Waals surface area contributed by atoms with Crippen molar-refractivity contribution >= 4 is 56.0 Å². The number of benzene rings is 2. The van der Waals surface area contributed by atoms with E-state index in [2.05, 4.69) is 4.90 Å². The number of thiazole rings is 1. The third kappa shape index (κ3) is 4.97. The highest BCUT2D eigenvalue weighted by Gasteiger charge is 2.23. The Hall–Kier alpha value is -1.96. The van der Waals surface area contributed by atoms with Crippen molar-refractivity contribution in [2.75, 3.05) is 43.4 Å². The summed E-state index contributed by atoms with van der Waals surface area (Å²) in [5.41, 5.74) is 0.992. The van der Waals surface area contributed by atoms with Crippen LogP contribution in [0.2, 0.25) is 5.02 Å². The molecule has 1 amide bonds. The Balaban J connectivity index is 1.32. The Kier molecular flexibility index (Phi) is 6.47. The number of thioether (sulfide) groups is 1. The predicted molar refractivity (Wildman–Crippen MR) is 122 cm³/mol. The second-order valence-electron chi connectivity index (χ2n) is 6.67. The lowest BCUT2D eigenvalue weighted by Gasteiger charge is -2.34. The molecule has 0 unspecified atom stereocenters. The van der Waals surface area contributed by atoms with Gasteiger partial charge < -0.3 is 14.5 Å². The lowest BCUT2D eigenvalue weighted by Crippen LogP contribution is -2.49. The third-order valence-electron chi connectivity index (χ3n) is 4.74. The van der Waals surface area contributed by atoms with Crippen LogP contribution in [-0.4, -0.2) is 54.3 Å². The number of carbonyl (C=O) groups is 1. The fourth-order valence-electron chi connectivity index (χ4n) is 3.20.